The quantitative estimate of drug-likeness (QED) is 0.649. The number of hydrogen-bond acceptors (Lipinski definition) is 2. The smallest absolute Gasteiger partial charge is 0.252 e. The molecule has 1 atom stereocenters. The van der Waals surface area contributed by atoms with Gasteiger partial charge in [-0.15, -0.1) is 0 Å². The van der Waals surface area contributed by atoms with Gasteiger partial charge in [0, 0.05) is 23.3 Å². The topological polar surface area (TPSA) is 51.1 Å². The summed E-state index contributed by atoms with van der Waals surface area (Å²) in [5.41, 5.74) is 2.36. The fraction of sp³-hybridized carbons (Fsp3) is 0.217. The van der Waals surface area contributed by atoms with Gasteiger partial charge in [-0.05, 0) is 43.0 Å². The minimum absolute atomic E-state index is 0.0247. The molecule has 0 fully saturated rings. The van der Waals surface area contributed by atoms with Crippen molar-refractivity contribution in [3.05, 3.63) is 105 Å². The van der Waals surface area contributed by atoms with Gasteiger partial charge in [-0.1, -0.05) is 60.1 Å². The Morgan fingerprint density at radius 1 is 1.04 bits per heavy atom. The summed E-state index contributed by atoms with van der Waals surface area (Å²) in [4.78, 5) is 24.8. The predicted molar refractivity (Wildman–Crippen MR) is 113 cm³/mol. The van der Waals surface area contributed by atoms with Gasteiger partial charge in [0.25, 0.3) is 11.5 Å². The Hall–Kier alpha value is -2.85. The Morgan fingerprint density at radius 2 is 1.75 bits per heavy atom. The zero-order chi connectivity index (χ0) is 19.9. The van der Waals surface area contributed by atoms with E-state index >= 15 is 0 Å². The molecule has 5 heteroatoms. The van der Waals surface area contributed by atoms with E-state index < -0.39 is 0 Å². The number of amides is 1. The second-order valence-corrected chi connectivity index (χ2v) is 7.28. The molecule has 0 saturated carbocycles. The molecule has 144 valence electrons. The lowest BCUT2D eigenvalue weighted by Crippen LogP contribution is -2.34. The van der Waals surface area contributed by atoms with Crippen molar-refractivity contribution in [3.63, 3.8) is 0 Å². The van der Waals surface area contributed by atoms with Gasteiger partial charge in [0.2, 0.25) is 0 Å². The molecule has 0 radical (unpaired) electrons. The van der Waals surface area contributed by atoms with Crippen molar-refractivity contribution < 1.29 is 4.79 Å². The molecule has 4 nitrogen and oxygen atoms in total. The van der Waals surface area contributed by atoms with E-state index in [1.807, 2.05) is 43.3 Å². The Labute approximate surface area is 169 Å². The van der Waals surface area contributed by atoms with Gasteiger partial charge in [0.1, 0.15) is 0 Å². The van der Waals surface area contributed by atoms with E-state index in [9.17, 15) is 9.59 Å². The first-order valence-electron chi connectivity index (χ1n) is 9.31. The van der Waals surface area contributed by atoms with E-state index in [0.29, 0.717) is 17.1 Å². The van der Waals surface area contributed by atoms with Crippen molar-refractivity contribution in [1.29, 1.82) is 0 Å². The molecule has 1 N–H and O–H groups in total. The third kappa shape index (κ3) is 5.33. The second-order valence-electron chi connectivity index (χ2n) is 6.87. The van der Waals surface area contributed by atoms with Gasteiger partial charge in [-0.2, -0.15) is 0 Å². The lowest BCUT2D eigenvalue weighted by molar-refractivity contribution is 0.0937. The Kier molecular flexibility index (Phi) is 6.66. The number of nitrogens with zero attached hydrogens (tertiary/aromatic N) is 1. The third-order valence-electron chi connectivity index (χ3n) is 4.63. The summed E-state index contributed by atoms with van der Waals surface area (Å²) in [6.45, 7) is 2.31. The standard InChI is InChI=1S/C23H23ClN2O2/c1-17(11-12-18-7-3-2-4-8-18)25-23(28)20-13-14-22(27)26(16-20)15-19-9-5-6-10-21(19)24/h2-10,13-14,16-17H,11-12,15H2,1H3,(H,25,28). The zero-order valence-corrected chi connectivity index (χ0v) is 16.5. The van der Waals surface area contributed by atoms with Crippen LogP contribution in [0.4, 0.5) is 0 Å². The zero-order valence-electron chi connectivity index (χ0n) is 15.8. The van der Waals surface area contributed by atoms with Crippen LogP contribution in [0.25, 0.3) is 0 Å². The van der Waals surface area contributed by atoms with Gasteiger partial charge in [0.15, 0.2) is 0 Å². The highest BCUT2D eigenvalue weighted by atomic mass is 35.5. The van der Waals surface area contributed by atoms with Crippen molar-refractivity contribution in [3.8, 4) is 0 Å². The number of pyridine rings is 1. The van der Waals surface area contributed by atoms with Crippen LogP contribution in [0.15, 0.2) is 77.7 Å². The number of benzene rings is 2. The average molecular weight is 395 g/mol. The van der Waals surface area contributed by atoms with Crippen molar-refractivity contribution >= 4 is 17.5 Å². The average Bonchev–Trinajstić information content (AvgIpc) is 2.70. The van der Waals surface area contributed by atoms with Crippen LogP contribution in [0.1, 0.15) is 34.8 Å². The summed E-state index contributed by atoms with van der Waals surface area (Å²) in [6, 6.07) is 20.6. The summed E-state index contributed by atoms with van der Waals surface area (Å²) in [5, 5.41) is 3.60. The van der Waals surface area contributed by atoms with Crippen LogP contribution in [-0.4, -0.2) is 16.5 Å². The second kappa shape index (κ2) is 9.38. The van der Waals surface area contributed by atoms with Crippen molar-refractivity contribution in [2.45, 2.75) is 32.4 Å². The van der Waals surface area contributed by atoms with Gasteiger partial charge in [0.05, 0.1) is 12.1 Å². The molecule has 0 saturated heterocycles. The Balaban J connectivity index is 1.65. The minimum atomic E-state index is -0.187. The van der Waals surface area contributed by atoms with Crippen LogP contribution in [0.3, 0.4) is 0 Å². The molecule has 0 aliphatic heterocycles. The molecule has 1 heterocycles. The van der Waals surface area contributed by atoms with Gasteiger partial charge >= 0.3 is 0 Å². The van der Waals surface area contributed by atoms with Crippen molar-refractivity contribution in [2.24, 2.45) is 0 Å². The first-order valence-corrected chi connectivity index (χ1v) is 9.69. The van der Waals surface area contributed by atoms with E-state index in [2.05, 4.69) is 17.4 Å². The molecule has 1 aromatic heterocycles. The molecule has 0 bridgehead atoms. The van der Waals surface area contributed by atoms with E-state index in [0.717, 1.165) is 18.4 Å². The summed E-state index contributed by atoms with van der Waals surface area (Å²) in [7, 11) is 0. The number of carbonyl (C=O) groups is 1. The third-order valence-corrected chi connectivity index (χ3v) is 5.00. The lowest BCUT2D eigenvalue weighted by atomic mass is 10.1. The molecule has 2 aromatic carbocycles. The highest BCUT2D eigenvalue weighted by Gasteiger charge is 2.12. The summed E-state index contributed by atoms with van der Waals surface area (Å²) in [5.74, 6) is -0.187. The number of aromatic nitrogens is 1. The van der Waals surface area contributed by atoms with Crippen molar-refractivity contribution in [2.75, 3.05) is 0 Å². The van der Waals surface area contributed by atoms with Gasteiger partial charge in [-0.25, -0.2) is 0 Å². The maximum absolute atomic E-state index is 12.6. The number of aryl methyl sites for hydroxylation is 1. The largest absolute Gasteiger partial charge is 0.350 e. The summed E-state index contributed by atoms with van der Waals surface area (Å²) < 4.78 is 1.50. The number of carbonyl (C=O) groups excluding carboxylic acids is 1. The SMILES string of the molecule is CC(CCc1ccccc1)NC(=O)c1ccc(=O)n(Cc2ccccc2Cl)c1. The predicted octanol–water partition coefficient (Wildman–Crippen LogP) is 4.30. The highest BCUT2D eigenvalue weighted by Crippen LogP contribution is 2.15. The molecule has 0 spiro atoms. The molecule has 3 rings (SSSR count). The van der Waals surface area contributed by atoms with Crippen LogP contribution in [0, 0.1) is 0 Å². The van der Waals surface area contributed by atoms with Gasteiger partial charge in [-0.3, -0.25) is 9.59 Å². The Morgan fingerprint density at radius 3 is 2.50 bits per heavy atom. The Bertz CT molecular complexity index is 999. The fourth-order valence-corrected chi connectivity index (χ4v) is 3.20. The normalized spacial score (nSPS) is 11.8. The van der Waals surface area contributed by atoms with Crippen LogP contribution in [-0.2, 0) is 13.0 Å². The van der Waals surface area contributed by atoms with Crippen molar-refractivity contribution in [1.82, 2.24) is 9.88 Å². The van der Waals surface area contributed by atoms with E-state index in [1.54, 1.807) is 18.3 Å². The molecule has 1 amide bonds. The molecule has 1 unspecified atom stereocenters. The number of halogens is 1. The number of hydrogen-bond donors (Lipinski definition) is 1. The van der Waals surface area contributed by atoms with Gasteiger partial charge < -0.3 is 9.88 Å². The molecule has 3 aromatic rings. The number of nitrogens with one attached hydrogen (secondary N) is 1. The summed E-state index contributed by atoms with van der Waals surface area (Å²) in [6.07, 6.45) is 3.33. The van der Waals surface area contributed by atoms with Crippen LogP contribution in [0.2, 0.25) is 5.02 Å². The van der Waals surface area contributed by atoms with Crippen LogP contribution >= 0.6 is 11.6 Å². The van der Waals surface area contributed by atoms with Crippen LogP contribution in [0.5, 0.6) is 0 Å². The molecule has 28 heavy (non-hydrogen) atoms. The lowest BCUT2D eigenvalue weighted by Gasteiger charge is -2.15. The maximum atomic E-state index is 12.6. The van der Waals surface area contributed by atoms with Crippen LogP contribution < -0.4 is 10.9 Å². The molecule has 0 aliphatic carbocycles. The van der Waals surface area contributed by atoms with E-state index in [4.69, 9.17) is 11.6 Å². The van der Waals surface area contributed by atoms with E-state index in [1.165, 1.54) is 16.2 Å². The highest BCUT2D eigenvalue weighted by molar-refractivity contribution is 6.31. The first kappa shape index (κ1) is 19.9. The van der Waals surface area contributed by atoms with E-state index in [-0.39, 0.29) is 17.5 Å². The monoisotopic (exact) mass is 394 g/mol. The minimum Gasteiger partial charge on any atom is -0.350 e. The molecular weight excluding hydrogens is 372 g/mol. The molecule has 0 aliphatic rings. The summed E-state index contributed by atoms with van der Waals surface area (Å²) >= 11 is 6.19. The maximum Gasteiger partial charge on any atom is 0.252 e. The molecular formula is C23H23ClN2O2. The first-order chi connectivity index (χ1) is 13.5. The fourth-order valence-electron chi connectivity index (χ4n) is 3.01. The number of rotatable bonds is 7.